The highest BCUT2D eigenvalue weighted by Gasteiger charge is 2.74. The molecule has 0 aromatic heterocycles. The molecule has 5 fully saturated rings. The van der Waals surface area contributed by atoms with Crippen LogP contribution in [0.15, 0.2) is 30.3 Å². The molecule has 260 valence electrons. The Labute approximate surface area is 275 Å². The predicted molar refractivity (Wildman–Crippen MR) is 160 cm³/mol. The molecule has 1 aromatic rings. The number of nitrogens with zero attached hydrogens (tertiary/aromatic N) is 1. The molecular formula is C32H39N3O13. The van der Waals surface area contributed by atoms with Crippen LogP contribution in [0.5, 0.6) is 0 Å². The van der Waals surface area contributed by atoms with Gasteiger partial charge >= 0.3 is 17.9 Å². The summed E-state index contributed by atoms with van der Waals surface area (Å²) in [6.45, 7) is 4.60. The maximum atomic E-state index is 14.2. The molecule has 0 radical (unpaired) electrons. The Balaban J connectivity index is 1.20. The zero-order chi connectivity index (χ0) is 34.4. The number of hydrogen-bond acceptors (Lipinski definition) is 14. The van der Waals surface area contributed by atoms with Crippen LogP contribution < -0.4 is 10.6 Å². The fourth-order valence-corrected chi connectivity index (χ4v) is 6.97. The second kappa shape index (κ2) is 13.2. The Morgan fingerprint density at radius 1 is 1.12 bits per heavy atom. The van der Waals surface area contributed by atoms with E-state index in [1.54, 1.807) is 38.1 Å². The molecule has 4 heterocycles. The molecule has 4 saturated heterocycles. The summed E-state index contributed by atoms with van der Waals surface area (Å²) in [6, 6.07) is 4.37. The fourth-order valence-electron chi connectivity index (χ4n) is 6.97. The average Bonchev–Trinajstić information content (AvgIpc) is 3.74. The van der Waals surface area contributed by atoms with Crippen LogP contribution >= 0.6 is 0 Å². The molecule has 48 heavy (non-hydrogen) atoms. The van der Waals surface area contributed by atoms with Gasteiger partial charge in [0, 0.05) is 24.5 Å². The number of esters is 3. The van der Waals surface area contributed by atoms with Crippen molar-refractivity contribution in [1.29, 1.82) is 0 Å². The van der Waals surface area contributed by atoms with Crippen LogP contribution in [0.2, 0.25) is 0 Å². The van der Waals surface area contributed by atoms with Crippen LogP contribution in [0.25, 0.3) is 6.08 Å². The number of rotatable bonds is 11. The van der Waals surface area contributed by atoms with Gasteiger partial charge in [0.2, 0.25) is 17.9 Å². The zero-order valence-electron chi connectivity index (χ0n) is 26.7. The normalized spacial score (nSPS) is 33.0. The molecule has 1 aliphatic carbocycles. The van der Waals surface area contributed by atoms with Gasteiger partial charge in [0.05, 0.1) is 19.3 Å². The molecule has 16 nitrogen and oxygen atoms in total. The minimum absolute atomic E-state index is 0.0291. The third kappa shape index (κ3) is 6.08. The van der Waals surface area contributed by atoms with E-state index in [4.69, 9.17) is 33.6 Å². The minimum Gasteiger partial charge on any atom is -0.462 e. The second-order valence-electron chi connectivity index (χ2n) is 13.3. The van der Waals surface area contributed by atoms with Crippen LogP contribution in [-0.2, 0) is 59.0 Å². The largest absolute Gasteiger partial charge is 0.462 e. The van der Waals surface area contributed by atoms with E-state index in [0.29, 0.717) is 11.1 Å². The minimum atomic E-state index is -1.55. The van der Waals surface area contributed by atoms with E-state index in [1.165, 1.54) is 24.1 Å². The van der Waals surface area contributed by atoms with Gasteiger partial charge in [-0.15, -0.1) is 0 Å². The number of aliphatic hydroxyl groups is 2. The monoisotopic (exact) mass is 673 g/mol. The summed E-state index contributed by atoms with van der Waals surface area (Å²) in [7, 11) is 0. The van der Waals surface area contributed by atoms with Gasteiger partial charge in [-0.2, -0.15) is 5.06 Å². The molecule has 9 unspecified atom stereocenters. The van der Waals surface area contributed by atoms with Gasteiger partial charge in [-0.05, 0) is 24.1 Å². The Bertz CT molecular complexity index is 1480. The van der Waals surface area contributed by atoms with E-state index in [0.717, 1.165) is 0 Å². The molecule has 9 atom stereocenters. The number of benzene rings is 1. The molecule has 2 bridgehead atoms. The van der Waals surface area contributed by atoms with E-state index in [1.807, 2.05) is 0 Å². The summed E-state index contributed by atoms with van der Waals surface area (Å²) in [5.41, 5.74) is -0.838. The topological polar surface area (TPSA) is 208 Å². The second-order valence-corrected chi connectivity index (χ2v) is 13.3. The van der Waals surface area contributed by atoms with Crippen LogP contribution in [0, 0.1) is 10.8 Å². The number of fused-ring (bicyclic) bond motifs is 4. The Hall–Kier alpha value is -3.93. The SMILES string of the molecule is CC(O)C(NC(=O)C12CC3OC(=O)C1N(Cc1ccc(C=CC(=O)OC4C(=O)OCC4(C)C)cc1)OC2C1OCOC31)C(=O)NCCO. The molecule has 0 spiro atoms. The van der Waals surface area contributed by atoms with Crippen molar-refractivity contribution in [3.05, 3.63) is 41.5 Å². The number of amides is 2. The summed E-state index contributed by atoms with van der Waals surface area (Å²) < 4.78 is 27.6. The first-order chi connectivity index (χ1) is 22.9. The van der Waals surface area contributed by atoms with Gasteiger partial charge in [-0.25, -0.2) is 9.59 Å². The Morgan fingerprint density at radius 3 is 2.52 bits per heavy atom. The third-order valence-electron chi connectivity index (χ3n) is 9.43. The van der Waals surface area contributed by atoms with Crippen molar-refractivity contribution in [2.45, 2.75) is 82.4 Å². The molecule has 4 N–H and O–H groups in total. The van der Waals surface area contributed by atoms with Crippen molar-refractivity contribution in [2.75, 3.05) is 26.6 Å². The van der Waals surface area contributed by atoms with Crippen LogP contribution in [0.1, 0.15) is 38.3 Å². The van der Waals surface area contributed by atoms with E-state index >= 15 is 0 Å². The summed E-state index contributed by atoms with van der Waals surface area (Å²) in [4.78, 5) is 71.2. The van der Waals surface area contributed by atoms with Crippen molar-refractivity contribution in [1.82, 2.24) is 15.7 Å². The van der Waals surface area contributed by atoms with Crippen molar-refractivity contribution >= 4 is 35.8 Å². The average molecular weight is 674 g/mol. The lowest BCUT2D eigenvalue weighted by atomic mass is 9.62. The zero-order valence-corrected chi connectivity index (χ0v) is 26.7. The number of hydrogen-bond donors (Lipinski definition) is 4. The molecule has 16 heteroatoms. The third-order valence-corrected chi connectivity index (χ3v) is 9.43. The maximum Gasteiger partial charge on any atom is 0.348 e. The summed E-state index contributed by atoms with van der Waals surface area (Å²) in [6.07, 6.45) is -2.72. The maximum absolute atomic E-state index is 14.2. The summed E-state index contributed by atoms with van der Waals surface area (Å²) in [5, 5.41) is 25.9. The standard InChI is InChI=1S/C32H39N3O13/c1-16(37)21(27(39)33-10-11-36)34-30(42)32-12-19-22-23(45-15-44-22)25(32)48-35(24(32)28(40)46-19)13-18-6-4-17(5-7-18)8-9-20(38)47-26-29(41)43-14-31(26,2)3/h4-9,16,19,21-26,36-37H,10-15H2,1-3H3,(H,33,39)(H,34,42). The van der Waals surface area contributed by atoms with Crippen LogP contribution in [0.3, 0.4) is 0 Å². The number of carbonyl (C=O) groups excluding carboxylic acids is 5. The first-order valence-corrected chi connectivity index (χ1v) is 15.7. The Morgan fingerprint density at radius 2 is 1.85 bits per heavy atom. The lowest BCUT2D eigenvalue weighted by Gasteiger charge is -2.49. The number of aliphatic hydroxyl groups excluding tert-OH is 2. The lowest BCUT2D eigenvalue weighted by molar-refractivity contribution is -0.201. The van der Waals surface area contributed by atoms with E-state index in [2.05, 4.69) is 10.6 Å². The van der Waals surface area contributed by atoms with Crippen molar-refractivity contribution in [3.63, 3.8) is 0 Å². The van der Waals surface area contributed by atoms with Crippen LogP contribution in [-0.4, -0.2) is 120 Å². The van der Waals surface area contributed by atoms with E-state index in [9.17, 15) is 29.1 Å². The number of hydroxylamine groups is 2. The van der Waals surface area contributed by atoms with Crippen LogP contribution in [0.4, 0.5) is 0 Å². The highest BCUT2D eigenvalue weighted by Crippen LogP contribution is 2.55. The lowest BCUT2D eigenvalue weighted by Crippen LogP contribution is -2.71. The van der Waals surface area contributed by atoms with Crippen molar-refractivity contribution in [3.8, 4) is 0 Å². The highest BCUT2D eigenvalue weighted by molar-refractivity contribution is 5.96. The number of nitrogens with one attached hydrogen (secondary N) is 2. The first kappa shape index (κ1) is 34.0. The molecule has 4 aliphatic heterocycles. The number of ether oxygens (including phenoxy) is 5. The summed E-state index contributed by atoms with van der Waals surface area (Å²) >= 11 is 0. The van der Waals surface area contributed by atoms with Gasteiger partial charge in [0.15, 0.2) is 6.04 Å². The molecular weight excluding hydrogens is 634 g/mol. The predicted octanol–water partition coefficient (Wildman–Crippen LogP) is -1.29. The molecule has 1 aromatic carbocycles. The van der Waals surface area contributed by atoms with Gasteiger partial charge < -0.3 is 44.5 Å². The van der Waals surface area contributed by atoms with E-state index in [-0.39, 0.29) is 39.5 Å². The molecule has 5 aliphatic rings. The Kier molecular flexibility index (Phi) is 9.32. The van der Waals surface area contributed by atoms with Gasteiger partial charge in [-0.1, -0.05) is 38.1 Å². The van der Waals surface area contributed by atoms with Crippen molar-refractivity contribution in [2.24, 2.45) is 10.8 Å². The smallest absolute Gasteiger partial charge is 0.348 e. The van der Waals surface area contributed by atoms with E-state index < -0.39 is 89.3 Å². The highest BCUT2D eigenvalue weighted by atomic mass is 16.8. The first-order valence-electron chi connectivity index (χ1n) is 15.7. The molecule has 1 saturated carbocycles. The van der Waals surface area contributed by atoms with Crippen molar-refractivity contribution < 1.29 is 62.7 Å². The molecule has 2 amide bonds. The number of cyclic esters (lactones) is 1. The molecule has 6 rings (SSSR count). The number of carbonyl (C=O) groups is 5. The van der Waals surface area contributed by atoms with Gasteiger partial charge in [-0.3, -0.25) is 19.2 Å². The summed E-state index contributed by atoms with van der Waals surface area (Å²) in [5.74, 6) is -3.38. The fraction of sp³-hybridized carbons (Fsp3) is 0.594. The quantitative estimate of drug-likeness (QED) is 0.123. The van der Waals surface area contributed by atoms with Gasteiger partial charge in [0.1, 0.15) is 49.3 Å². The van der Waals surface area contributed by atoms with Gasteiger partial charge in [0.25, 0.3) is 0 Å².